The summed E-state index contributed by atoms with van der Waals surface area (Å²) in [5.41, 5.74) is 8.02. The maximum Gasteiger partial charge on any atom is 0.0316 e. The molecule has 1 aromatic rings. The topological polar surface area (TPSA) is 32.5 Å². The highest BCUT2D eigenvalue weighted by Gasteiger charge is 2.25. The molecule has 0 spiro atoms. The van der Waals surface area contributed by atoms with E-state index in [9.17, 15) is 0 Å². The Labute approximate surface area is 111 Å². The van der Waals surface area contributed by atoms with Crippen LogP contribution in [0.25, 0.3) is 0 Å². The van der Waals surface area contributed by atoms with Gasteiger partial charge < -0.3 is 5.73 Å². The SMILES string of the molecule is CC1CN(CCc2cccc(N)c2)CC(C)N1C. The molecular weight excluding hydrogens is 222 g/mol. The molecule has 2 unspecified atom stereocenters. The van der Waals surface area contributed by atoms with Gasteiger partial charge in [0.25, 0.3) is 0 Å². The van der Waals surface area contributed by atoms with Gasteiger partial charge in [0.2, 0.25) is 0 Å². The van der Waals surface area contributed by atoms with Gasteiger partial charge in [0.05, 0.1) is 0 Å². The first-order valence-corrected chi connectivity index (χ1v) is 6.85. The second kappa shape index (κ2) is 5.72. The first kappa shape index (κ1) is 13.4. The number of piperazine rings is 1. The van der Waals surface area contributed by atoms with Crippen molar-refractivity contribution >= 4 is 5.69 Å². The van der Waals surface area contributed by atoms with Gasteiger partial charge in [-0.1, -0.05) is 12.1 Å². The van der Waals surface area contributed by atoms with Crippen LogP contribution in [0.1, 0.15) is 19.4 Å². The highest BCUT2D eigenvalue weighted by Crippen LogP contribution is 2.14. The Morgan fingerprint density at radius 1 is 1.22 bits per heavy atom. The second-order valence-corrected chi connectivity index (χ2v) is 5.62. The number of anilines is 1. The molecule has 0 radical (unpaired) electrons. The third-order valence-corrected chi connectivity index (χ3v) is 4.10. The minimum atomic E-state index is 0.648. The van der Waals surface area contributed by atoms with E-state index in [1.54, 1.807) is 0 Å². The lowest BCUT2D eigenvalue weighted by molar-refractivity contribution is 0.0608. The van der Waals surface area contributed by atoms with Crippen LogP contribution in [0.15, 0.2) is 24.3 Å². The molecule has 0 bridgehead atoms. The van der Waals surface area contributed by atoms with Crippen molar-refractivity contribution in [2.24, 2.45) is 0 Å². The second-order valence-electron chi connectivity index (χ2n) is 5.62. The van der Waals surface area contributed by atoms with Crippen LogP contribution in [0.5, 0.6) is 0 Å². The number of hydrogen-bond acceptors (Lipinski definition) is 3. The predicted octanol–water partition coefficient (Wildman–Crippen LogP) is 1.84. The lowest BCUT2D eigenvalue weighted by Crippen LogP contribution is -2.55. The number of likely N-dealkylation sites (N-methyl/N-ethyl adjacent to an activating group) is 1. The Bertz CT molecular complexity index is 379. The van der Waals surface area contributed by atoms with E-state index in [1.165, 1.54) is 18.7 Å². The average Bonchev–Trinajstić information content (AvgIpc) is 2.33. The zero-order chi connectivity index (χ0) is 13.1. The number of benzene rings is 1. The molecule has 2 rings (SSSR count). The normalized spacial score (nSPS) is 26.4. The van der Waals surface area contributed by atoms with Crippen molar-refractivity contribution in [1.29, 1.82) is 0 Å². The molecule has 18 heavy (non-hydrogen) atoms. The van der Waals surface area contributed by atoms with Crippen LogP contribution < -0.4 is 5.73 Å². The summed E-state index contributed by atoms with van der Waals surface area (Å²) in [6.07, 6.45) is 1.09. The molecule has 1 aliphatic heterocycles. The van der Waals surface area contributed by atoms with Crippen molar-refractivity contribution in [1.82, 2.24) is 9.80 Å². The molecule has 0 saturated carbocycles. The Balaban J connectivity index is 1.87. The Morgan fingerprint density at radius 3 is 2.50 bits per heavy atom. The molecule has 1 fully saturated rings. The van der Waals surface area contributed by atoms with Crippen LogP contribution in [-0.4, -0.2) is 48.6 Å². The number of nitrogens with two attached hydrogens (primary N) is 1. The summed E-state index contributed by atoms with van der Waals surface area (Å²) in [6.45, 7) is 8.09. The monoisotopic (exact) mass is 247 g/mol. The summed E-state index contributed by atoms with van der Waals surface area (Å²) < 4.78 is 0. The third-order valence-electron chi connectivity index (χ3n) is 4.10. The average molecular weight is 247 g/mol. The van der Waals surface area contributed by atoms with Gasteiger partial charge in [0, 0.05) is 37.4 Å². The molecule has 1 aromatic carbocycles. The van der Waals surface area contributed by atoms with E-state index in [0.29, 0.717) is 12.1 Å². The predicted molar refractivity (Wildman–Crippen MR) is 77.7 cm³/mol. The van der Waals surface area contributed by atoms with Crippen molar-refractivity contribution in [3.63, 3.8) is 0 Å². The third kappa shape index (κ3) is 3.24. The zero-order valence-corrected chi connectivity index (χ0v) is 11.8. The molecule has 100 valence electrons. The van der Waals surface area contributed by atoms with Crippen molar-refractivity contribution < 1.29 is 0 Å². The fraction of sp³-hybridized carbons (Fsp3) is 0.600. The quantitative estimate of drug-likeness (QED) is 0.827. The molecule has 2 N–H and O–H groups in total. The van der Waals surface area contributed by atoms with Crippen molar-refractivity contribution in [3.8, 4) is 0 Å². The van der Waals surface area contributed by atoms with E-state index in [2.05, 4.69) is 42.8 Å². The summed E-state index contributed by atoms with van der Waals surface area (Å²) in [5.74, 6) is 0. The van der Waals surface area contributed by atoms with Gasteiger partial charge in [-0.05, 0) is 45.0 Å². The Morgan fingerprint density at radius 2 is 1.89 bits per heavy atom. The molecule has 0 amide bonds. The highest BCUT2D eigenvalue weighted by atomic mass is 15.3. The fourth-order valence-electron chi connectivity index (χ4n) is 2.73. The fourth-order valence-corrected chi connectivity index (χ4v) is 2.73. The van der Waals surface area contributed by atoms with E-state index in [1.807, 2.05) is 12.1 Å². The maximum absolute atomic E-state index is 5.81. The van der Waals surface area contributed by atoms with Crippen LogP contribution in [0.2, 0.25) is 0 Å². The first-order valence-electron chi connectivity index (χ1n) is 6.85. The van der Waals surface area contributed by atoms with Gasteiger partial charge in [0.1, 0.15) is 0 Å². The van der Waals surface area contributed by atoms with Gasteiger partial charge in [-0.2, -0.15) is 0 Å². The van der Waals surface area contributed by atoms with Crippen molar-refractivity contribution in [2.45, 2.75) is 32.4 Å². The summed E-state index contributed by atoms with van der Waals surface area (Å²) >= 11 is 0. The number of rotatable bonds is 3. The summed E-state index contributed by atoms with van der Waals surface area (Å²) in [5, 5.41) is 0. The Kier molecular flexibility index (Phi) is 4.25. The van der Waals surface area contributed by atoms with E-state index < -0.39 is 0 Å². The van der Waals surface area contributed by atoms with E-state index in [4.69, 9.17) is 5.73 Å². The van der Waals surface area contributed by atoms with Crippen LogP contribution in [0.3, 0.4) is 0 Å². The van der Waals surface area contributed by atoms with Gasteiger partial charge in [0.15, 0.2) is 0 Å². The van der Waals surface area contributed by atoms with Gasteiger partial charge in [-0.15, -0.1) is 0 Å². The van der Waals surface area contributed by atoms with Gasteiger partial charge >= 0.3 is 0 Å². The maximum atomic E-state index is 5.81. The molecule has 1 aliphatic rings. The van der Waals surface area contributed by atoms with Crippen LogP contribution in [0.4, 0.5) is 5.69 Å². The van der Waals surface area contributed by atoms with Gasteiger partial charge in [-0.25, -0.2) is 0 Å². The molecule has 3 heteroatoms. The molecule has 0 aliphatic carbocycles. The molecular formula is C15H25N3. The summed E-state index contributed by atoms with van der Waals surface area (Å²) in [7, 11) is 2.23. The number of hydrogen-bond donors (Lipinski definition) is 1. The lowest BCUT2D eigenvalue weighted by Gasteiger charge is -2.42. The molecule has 0 aromatic heterocycles. The van der Waals surface area contributed by atoms with E-state index in [0.717, 1.165) is 18.7 Å². The van der Waals surface area contributed by atoms with Crippen LogP contribution in [0, 0.1) is 0 Å². The lowest BCUT2D eigenvalue weighted by atomic mass is 10.1. The molecule has 2 atom stereocenters. The van der Waals surface area contributed by atoms with E-state index in [-0.39, 0.29) is 0 Å². The number of nitrogen functional groups attached to an aromatic ring is 1. The molecule has 1 heterocycles. The summed E-state index contributed by atoms with van der Waals surface area (Å²) in [6, 6.07) is 9.54. The van der Waals surface area contributed by atoms with Gasteiger partial charge in [-0.3, -0.25) is 9.80 Å². The summed E-state index contributed by atoms with van der Waals surface area (Å²) in [4.78, 5) is 5.04. The molecule has 3 nitrogen and oxygen atoms in total. The minimum absolute atomic E-state index is 0.648. The zero-order valence-electron chi connectivity index (χ0n) is 11.8. The van der Waals surface area contributed by atoms with Crippen molar-refractivity contribution in [3.05, 3.63) is 29.8 Å². The largest absolute Gasteiger partial charge is 0.399 e. The van der Waals surface area contributed by atoms with Crippen molar-refractivity contribution in [2.75, 3.05) is 32.4 Å². The highest BCUT2D eigenvalue weighted by molar-refractivity contribution is 5.40. The van der Waals surface area contributed by atoms with Crippen LogP contribution >= 0.6 is 0 Å². The smallest absolute Gasteiger partial charge is 0.0316 e. The first-order chi connectivity index (χ1) is 8.56. The molecule has 1 saturated heterocycles. The minimum Gasteiger partial charge on any atom is -0.399 e. The van der Waals surface area contributed by atoms with Crippen LogP contribution in [-0.2, 0) is 6.42 Å². The standard InChI is InChI=1S/C15H25N3/c1-12-10-18(11-13(2)17(12)3)8-7-14-5-4-6-15(16)9-14/h4-6,9,12-13H,7-8,10-11,16H2,1-3H3. The number of nitrogens with zero attached hydrogens (tertiary/aromatic N) is 2. The Hall–Kier alpha value is -1.06. The van der Waals surface area contributed by atoms with E-state index >= 15 is 0 Å².